The Kier molecular flexibility index (Phi) is 5.49. The number of benzene rings is 1. The molecule has 5 nitrogen and oxygen atoms in total. The third kappa shape index (κ3) is 3.46. The van der Waals surface area contributed by atoms with Crippen LogP contribution in [-0.4, -0.2) is 22.6 Å². The lowest BCUT2D eigenvalue weighted by Crippen LogP contribution is -2.01. The summed E-state index contributed by atoms with van der Waals surface area (Å²) in [6, 6.07) is 4.17. The number of nitrogens with zero attached hydrogens (tertiary/aromatic N) is 3. The summed E-state index contributed by atoms with van der Waals surface area (Å²) in [6.07, 6.45) is 6.02. The summed E-state index contributed by atoms with van der Waals surface area (Å²) in [7, 11) is 0. The fourth-order valence-electron chi connectivity index (χ4n) is 3.62. The number of rotatable bonds is 6. The van der Waals surface area contributed by atoms with Crippen molar-refractivity contribution < 1.29 is 9.47 Å². The molecule has 1 unspecified atom stereocenters. The lowest BCUT2D eigenvalue weighted by Gasteiger charge is -2.11. The van der Waals surface area contributed by atoms with Gasteiger partial charge in [-0.3, -0.25) is 0 Å². The summed E-state index contributed by atoms with van der Waals surface area (Å²) in [6.45, 7) is 12.0. The molecule has 28 heavy (non-hydrogen) atoms. The molecule has 2 aliphatic heterocycles. The molecule has 1 aromatic heterocycles. The summed E-state index contributed by atoms with van der Waals surface area (Å²) in [4.78, 5) is 11.0. The van der Waals surface area contributed by atoms with Gasteiger partial charge in [-0.15, -0.1) is 0 Å². The molecule has 0 bridgehead atoms. The van der Waals surface area contributed by atoms with Gasteiger partial charge in [0.15, 0.2) is 22.5 Å². The van der Waals surface area contributed by atoms with Gasteiger partial charge in [0.05, 0.1) is 0 Å². The Morgan fingerprint density at radius 1 is 1.21 bits per heavy atom. The van der Waals surface area contributed by atoms with Crippen LogP contribution in [0.5, 0.6) is 11.5 Å². The van der Waals surface area contributed by atoms with Crippen LogP contribution in [0.1, 0.15) is 51.3 Å². The third-order valence-corrected chi connectivity index (χ3v) is 6.36. The van der Waals surface area contributed by atoms with E-state index in [2.05, 4.69) is 50.3 Å². The van der Waals surface area contributed by atoms with Crippen molar-refractivity contribution in [3.8, 4) is 11.5 Å². The SMILES string of the molecule is C=C1CC(CC)C=Nc2c1nc(Sc1cc3c(cc1CC)OCO3)n2CCC. The van der Waals surface area contributed by atoms with Crippen molar-refractivity contribution in [2.45, 2.75) is 63.1 Å². The predicted molar refractivity (Wildman–Crippen MR) is 114 cm³/mol. The first kappa shape index (κ1) is 19.1. The summed E-state index contributed by atoms with van der Waals surface area (Å²) in [5, 5.41) is 0.966. The molecule has 2 aliphatic rings. The Morgan fingerprint density at radius 2 is 2.00 bits per heavy atom. The van der Waals surface area contributed by atoms with Gasteiger partial charge in [0.1, 0.15) is 5.69 Å². The van der Waals surface area contributed by atoms with Crippen LogP contribution >= 0.6 is 11.8 Å². The van der Waals surface area contributed by atoms with E-state index < -0.39 is 0 Å². The number of hydrogen-bond donors (Lipinski definition) is 0. The second-order valence-corrected chi connectivity index (χ2v) is 8.25. The van der Waals surface area contributed by atoms with Gasteiger partial charge >= 0.3 is 0 Å². The molecule has 1 aromatic carbocycles. The molecule has 0 N–H and O–H groups in total. The van der Waals surface area contributed by atoms with Gasteiger partial charge < -0.3 is 14.0 Å². The van der Waals surface area contributed by atoms with E-state index in [-0.39, 0.29) is 0 Å². The molecule has 0 radical (unpaired) electrons. The van der Waals surface area contributed by atoms with Gasteiger partial charge in [0.25, 0.3) is 0 Å². The standard InChI is InChI=1S/C22H27N3O2S/c1-5-8-25-21-20(14(4)9-15(6-2)12-23-21)24-22(25)28-19-11-18-17(26-13-27-18)10-16(19)7-3/h10-12,15H,4-9,13H2,1-3H3. The van der Waals surface area contributed by atoms with Gasteiger partial charge in [0, 0.05) is 17.7 Å². The Morgan fingerprint density at radius 3 is 2.71 bits per heavy atom. The number of imidazole rings is 1. The van der Waals surface area contributed by atoms with Crippen LogP contribution in [0.3, 0.4) is 0 Å². The first-order chi connectivity index (χ1) is 13.6. The zero-order chi connectivity index (χ0) is 19.7. The van der Waals surface area contributed by atoms with E-state index >= 15 is 0 Å². The van der Waals surface area contributed by atoms with E-state index in [4.69, 9.17) is 19.5 Å². The minimum atomic E-state index is 0.290. The highest BCUT2D eigenvalue weighted by molar-refractivity contribution is 7.99. The molecule has 2 aromatic rings. The second-order valence-electron chi connectivity index (χ2n) is 7.24. The number of aliphatic imine (C=N–C) groups is 1. The number of hydrogen-bond acceptors (Lipinski definition) is 5. The molecular weight excluding hydrogens is 370 g/mol. The van der Waals surface area contributed by atoms with Gasteiger partial charge in [0.2, 0.25) is 6.79 Å². The zero-order valence-corrected chi connectivity index (χ0v) is 17.6. The van der Waals surface area contributed by atoms with Crippen molar-refractivity contribution >= 4 is 29.4 Å². The second kappa shape index (κ2) is 8.03. The zero-order valence-electron chi connectivity index (χ0n) is 16.8. The molecule has 6 heteroatoms. The molecule has 0 saturated heterocycles. The molecular formula is C22H27N3O2S. The maximum atomic E-state index is 5.59. The Labute approximate surface area is 170 Å². The van der Waals surface area contributed by atoms with Crippen molar-refractivity contribution in [2.75, 3.05) is 6.79 Å². The number of ether oxygens (including phenoxy) is 2. The summed E-state index contributed by atoms with van der Waals surface area (Å²) >= 11 is 1.68. The number of allylic oxidation sites excluding steroid dienone is 1. The summed E-state index contributed by atoms with van der Waals surface area (Å²) in [5.41, 5.74) is 3.27. The predicted octanol–water partition coefficient (Wildman–Crippen LogP) is 5.88. The van der Waals surface area contributed by atoms with E-state index in [0.717, 1.165) is 70.9 Å². The normalized spacial score (nSPS) is 17.7. The van der Waals surface area contributed by atoms with Crippen LogP contribution in [0.25, 0.3) is 5.57 Å². The lowest BCUT2D eigenvalue weighted by molar-refractivity contribution is 0.174. The average molecular weight is 398 g/mol. The highest BCUT2D eigenvalue weighted by Gasteiger charge is 2.24. The minimum Gasteiger partial charge on any atom is -0.454 e. The van der Waals surface area contributed by atoms with Crippen LogP contribution in [0.2, 0.25) is 0 Å². The van der Waals surface area contributed by atoms with Gasteiger partial charge in [-0.05, 0) is 54.9 Å². The highest BCUT2D eigenvalue weighted by Crippen LogP contribution is 2.43. The molecule has 0 aliphatic carbocycles. The Bertz CT molecular complexity index is 932. The first-order valence-electron chi connectivity index (χ1n) is 10.1. The minimum absolute atomic E-state index is 0.290. The van der Waals surface area contributed by atoms with Crippen LogP contribution in [0.4, 0.5) is 5.82 Å². The third-order valence-electron chi connectivity index (χ3n) is 5.27. The van der Waals surface area contributed by atoms with E-state index in [0.29, 0.717) is 12.7 Å². The molecule has 0 fully saturated rings. The van der Waals surface area contributed by atoms with E-state index in [1.165, 1.54) is 5.56 Å². The first-order valence-corrected chi connectivity index (χ1v) is 10.9. The van der Waals surface area contributed by atoms with Crippen molar-refractivity contribution in [1.29, 1.82) is 0 Å². The molecule has 1 atom stereocenters. The summed E-state index contributed by atoms with van der Waals surface area (Å²) < 4.78 is 13.4. The molecule has 3 heterocycles. The Balaban J connectivity index is 1.75. The molecule has 0 amide bonds. The fraction of sp³-hybridized carbons (Fsp3) is 0.455. The molecule has 148 valence electrons. The van der Waals surface area contributed by atoms with Crippen LogP contribution < -0.4 is 9.47 Å². The molecule has 0 spiro atoms. The quantitative estimate of drug-likeness (QED) is 0.611. The fourth-order valence-corrected chi connectivity index (χ4v) is 4.74. The van der Waals surface area contributed by atoms with Crippen LogP contribution in [0, 0.1) is 5.92 Å². The summed E-state index contributed by atoms with van der Waals surface area (Å²) in [5.74, 6) is 3.03. The molecule has 4 rings (SSSR count). The van der Waals surface area contributed by atoms with Crippen LogP contribution in [0.15, 0.2) is 33.8 Å². The monoisotopic (exact) mass is 397 g/mol. The van der Waals surface area contributed by atoms with E-state index in [1.807, 2.05) is 0 Å². The van der Waals surface area contributed by atoms with Crippen molar-refractivity contribution in [2.24, 2.45) is 10.9 Å². The highest BCUT2D eigenvalue weighted by atomic mass is 32.2. The van der Waals surface area contributed by atoms with Crippen molar-refractivity contribution in [3.05, 3.63) is 30.0 Å². The van der Waals surface area contributed by atoms with E-state index in [9.17, 15) is 0 Å². The number of fused-ring (bicyclic) bond motifs is 2. The maximum absolute atomic E-state index is 5.59. The Hall–Kier alpha value is -2.21. The van der Waals surface area contributed by atoms with E-state index in [1.54, 1.807) is 11.8 Å². The maximum Gasteiger partial charge on any atom is 0.231 e. The van der Waals surface area contributed by atoms with Gasteiger partial charge in [-0.1, -0.05) is 39.1 Å². The van der Waals surface area contributed by atoms with Crippen molar-refractivity contribution in [3.63, 3.8) is 0 Å². The van der Waals surface area contributed by atoms with Crippen LogP contribution in [-0.2, 0) is 13.0 Å². The van der Waals surface area contributed by atoms with Gasteiger partial charge in [-0.25, -0.2) is 9.98 Å². The number of aryl methyl sites for hydroxylation is 1. The number of aromatic nitrogens is 2. The van der Waals surface area contributed by atoms with Gasteiger partial charge in [-0.2, -0.15) is 0 Å². The smallest absolute Gasteiger partial charge is 0.231 e. The lowest BCUT2D eigenvalue weighted by atomic mass is 9.98. The largest absolute Gasteiger partial charge is 0.454 e. The topological polar surface area (TPSA) is 48.6 Å². The average Bonchev–Trinajstić information content (AvgIpc) is 3.25. The van der Waals surface area contributed by atoms with Crippen molar-refractivity contribution in [1.82, 2.24) is 9.55 Å². The molecule has 0 saturated carbocycles.